The van der Waals surface area contributed by atoms with Gasteiger partial charge >= 0.3 is 0 Å². The Morgan fingerprint density at radius 3 is 2.84 bits per heavy atom. The summed E-state index contributed by atoms with van der Waals surface area (Å²) in [6.07, 6.45) is 3.31. The first kappa shape index (κ1) is 16.6. The Morgan fingerprint density at radius 2 is 2.00 bits per heavy atom. The van der Waals surface area contributed by atoms with Gasteiger partial charge in [-0.1, -0.05) is 30.3 Å². The first-order chi connectivity index (χ1) is 12.1. The van der Waals surface area contributed by atoms with Gasteiger partial charge in [0.2, 0.25) is 0 Å². The molecule has 7 nitrogen and oxygen atoms in total. The number of carbonyl (C=O) groups excluding carboxylic acids is 1. The number of hydrogen-bond acceptors (Lipinski definition) is 5. The third-order valence-corrected chi connectivity index (χ3v) is 4.07. The molecule has 1 aliphatic heterocycles. The molecule has 0 bridgehead atoms. The Labute approximate surface area is 145 Å². The summed E-state index contributed by atoms with van der Waals surface area (Å²) in [5.41, 5.74) is 5.05. The number of nitro benzene ring substituents is 1. The molecular weight excluding hydrogens is 320 g/mol. The number of hydrogen-bond donors (Lipinski definition) is 1. The Morgan fingerprint density at radius 1 is 1.24 bits per heavy atom. The average Bonchev–Trinajstić information content (AvgIpc) is 2.62. The van der Waals surface area contributed by atoms with Crippen molar-refractivity contribution in [3.63, 3.8) is 0 Å². The zero-order valence-electron chi connectivity index (χ0n) is 13.6. The minimum absolute atomic E-state index is 0.0505. The Hall–Kier alpha value is -3.22. The van der Waals surface area contributed by atoms with Crippen molar-refractivity contribution in [3.8, 4) is 0 Å². The highest BCUT2D eigenvalue weighted by Gasteiger charge is 2.18. The van der Waals surface area contributed by atoms with Gasteiger partial charge in [-0.2, -0.15) is 5.10 Å². The molecule has 2 aromatic carbocycles. The average molecular weight is 338 g/mol. The Balaban J connectivity index is 1.62. The maximum atomic E-state index is 12.1. The molecule has 0 fully saturated rings. The molecule has 0 radical (unpaired) electrons. The monoisotopic (exact) mass is 338 g/mol. The van der Waals surface area contributed by atoms with Crippen molar-refractivity contribution in [3.05, 3.63) is 69.8 Å². The summed E-state index contributed by atoms with van der Waals surface area (Å²) >= 11 is 0. The number of aryl methyl sites for hydroxylation is 1. The van der Waals surface area contributed by atoms with Gasteiger partial charge in [0.25, 0.3) is 11.6 Å². The van der Waals surface area contributed by atoms with Crippen LogP contribution in [0.4, 0.5) is 11.4 Å². The first-order valence-corrected chi connectivity index (χ1v) is 8.03. The van der Waals surface area contributed by atoms with Crippen molar-refractivity contribution in [2.45, 2.75) is 12.8 Å². The second-order valence-corrected chi connectivity index (χ2v) is 5.76. The van der Waals surface area contributed by atoms with E-state index in [4.69, 9.17) is 0 Å². The summed E-state index contributed by atoms with van der Waals surface area (Å²) < 4.78 is 0. The molecule has 0 saturated heterocycles. The van der Waals surface area contributed by atoms with Crippen LogP contribution < -0.4 is 10.3 Å². The van der Waals surface area contributed by atoms with E-state index in [1.807, 2.05) is 23.1 Å². The number of nitrogens with one attached hydrogen (secondary N) is 1. The van der Waals surface area contributed by atoms with Crippen LogP contribution >= 0.6 is 0 Å². The van der Waals surface area contributed by atoms with Gasteiger partial charge in [0.15, 0.2) is 0 Å². The lowest BCUT2D eigenvalue weighted by atomic mass is 10.0. The van der Waals surface area contributed by atoms with E-state index < -0.39 is 4.92 Å². The van der Waals surface area contributed by atoms with Gasteiger partial charge in [0.05, 0.1) is 23.2 Å². The molecule has 25 heavy (non-hydrogen) atoms. The van der Waals surface area contributed by atoms with Crippen LogP contribution in [-0.2, 0) is 11.2 Å². The van der Waals surface area contributed by atoms with Gasteiger partial charge < -0.3 is 4.90 Å². The lowest BCUT2D eigenvalue weighted by Crippen LogP contribution is -2.38. The molecule has 0 aliphatic carbocycles. The standard InChI is InChI=1S/C18H18N4O3/c23-18(13-21-11-5-8-14-6-1-3-9-16(14)21)20-19-12-15-7-2-4-10-17(15)22(24)25/h1-4,6-7,9-10,12H,5,8,11,13H2,(H,20,23)/b19-12+. The number of amides is 1. The van der Waals surface area contributed by atoms with E-state index in [1.165, 1.54) is 17.8 Å². The third kappa shape index (κ3) is 4.00. The molecule has 2 aromatic rings. The molecule has 1 N–H and O–H groups in total. The number of hydrazone groups is 1. The number of carbonyl (C=O) groups is 1. The zero-order chi connectivity index (χ0) is 17.6. The predicted molar refractivity (Wildman–Crippen MR) is 95.8 cm³/mol. The van der Waals surface area contributed by atoms with Crippen LogP contribution in [0, 0.1) is 10.1 Å². The molecule has 1 heterocycles. The van der Waals surface area contributed by atoms with Crippen LogP contribution in [0.3, 0.4) is 0 Å². The molecular formula is C18H18N4O3. The molecule has 128 valence electrons. The minimum atomic E-state index is -0.478. The van der Waals surface area contributed by atoms with Crippen molar-refractivity contribution in [2.24, 2.45) is 5.10 Å². The first-order valence-electron chi connectivity index (χ1n) is 8.03. The molecule has 0 spiro atoms. The fourth-order valence-electron chi connectivity index (χ4n) is 2.92. The number of rotatable bonds is 5. The molecule has 0 atom stereocenters. The zero-order valence-corrected chi connectivity index (χ0v) is 13.6. The maximum absolute atomic E-state index is 12.1. The normalized spacial score (nSPS) is 13.5. The second kappa shape index (κ2) is 7.57. The van der Waals surface area contributed by atoms with Crippen LogP contribution in [0.5, 0.6) is 0 Å². The topological polar surface area (TPSA) is 87.8 Å². The highest BCUT2D eigenvalue weighted by Crippen LogP contribution is 2.26. The minimum Gasteiger partial charge on any atom is -0.362 e. The van der Waals surface area contributed by atoms with Gasteiger partial charge in [-0.15, -0.1) is 0 Å². The number of nitrogens with zero attached hydrogens (tertiary/aromatic N) is 3. The Bertz CT molecular complexity index is 819. The van der Waals surface area contributed by atoms with Crippen molar-refractivity contribution in [2.75, 3.05) is 18.0 Å². The van der Waals surface area contributed by atoms with Crippen LogP contribution in [0.2, 0.25) is 0 Å². The van der Waals surface area contributed by atoms with Crippen LogP contribution in [0.15, 0.2) is 53.6 Å². The van der Waals surface area contributed by atoms with E-state index in [2.05, 4.69) is 16.6 Å². The second-order valence-electron chi connectivity index (χ2n) is 5.76. The maximum Gasteiger partial charge on any atom is 0.278 e. The van der Waals surface area contributed by atoms with Gasteiger partial charge in [-0.25, -0.2) is 5.43 Å². The van der Waals surface area contributed by atoms with Gasteiger partial charge in [0, 0.05) is 18.3 Å². The fourth-order valence-corrected chi connectivity index (χ4v) is 2.92. The molecule has 0 unspecified atom stereocenters. The van der Waals surface area contributed by atoms with Crippen LogP contribution in [-0.4, -0.2) is 30.1 Å². The van der Waals surface area contributed by atoms with Crippen molar-refractivity contribution >= 4 is 23.5 Å². The predicted octanol–water partition coefficient (Wildman–Crippen LogP) is 2.50. The molecule has 0 aromatic heterocycles. The van der Waals surface area contributed by atoms with Crippen molar-refractivity contribution in [1.29, 1.82) is 0 Å². The number of anilines is 1. The summed E-state index contributed by atoms with van der Waals surface area (Å²) in [6, 6.07) is 14.3. The Kier molecular flexibility index (Phi) is 5.03. The van der Waals surface area contributed by atoms with Gasteiger partial charge in [-0.05, 0) is 30.5 Å². The van der Waals surface area contributed by atoms with Crippen LogP contribution in [0.1, 0.15) is 17.5 Å². The smallest absolute Gasteiger partial charge is 0.278 e. The third-order valence-electron chi connectivity index (χ3n) is 4.07. The largest absolute Gasteiger partial charge is 0.362 e. The number of para-hydroxylation sites is 2. The van der Waals surface area contributed by atoms with E-state index in [0.29, 0.717) is 5.56 Å². The van der Waals surface area contributed by atoms with E-state index in [-0.39, 0.29) is 18.1 Å². The van der Waals surface area contributed by atoms with Crippen molar-refractivity contribution < 1.29 is 9.72 Å². The SMILES string of the molecule is O=C(CN1CCCc2ccccc21)N/N=C/c1ccccc1[N+](=O)[O-]. The molecule has 7 heteroatoms. The lowest BCUT2D eigenvalue weighted by molar-refractivity contribution is -0.385. The lowest BCUT2D eigenvalue weighted by Gasteiger charge is -2.30. The van der Waals surface area contributed by atoms with E-state index in [0.717, 1.165) is 25.1 Å². The molecule has 3 rings (SSSR count). The molecule has 1 amide bonds. The highest BCUT2D eigenvalue weighted by molar-refractivity contribution is 5.87. The summed E-state index contributed by atoms with van der Waals surface area (Å²) in [5, 5.41) is 14.8. The van der Waals surface area contributed by atoms with Crippen LogP contribution in [0.25, 0.3) is 0 Å². The van der Waals surface area contributed by atoms with Gasteiger partial charge in [0.1, 0.15) is 0 Å². The molecule has 1 aliphatic rings. The molecule has 0 saturated carbocycles. The van der Waals surface area contributed by atoms with E-state index in [1.54, 1.807) is 18.2 Å². The highest BCUT2D eigenvalue weighted by atomic mass is 16.6. The van der Waals surface area contributed by atoms with E-state index in [9.17, 15) is 14.9 Å². The van der Waals surface area contributed by atoms with Gasteiger partial charge in [-0.3, -0.25) is 14.9 Å². The summed E-state index contributed by atoms with van der Waals surface area (Å²) in [6.45, 7) is 1.02. The fraction of sp³-hybridized carbons (Fsp3) is 0.222. The number of benzene rings is 2. The summed E-state index contributed by atoms with van der Waals surface area (Å²) in [4.78, 5) is 24.6. The summed E-state index contributed by atoms with van der Waals surface area (Å²) in [5.74, 6) is -0.258. The van der Waals surface area contributed by atoms with E-state index >= 15 is 0 Å². The summed E-state index contributed by atoms with van der Waals surface area (Å²) in [7, 11) is 0. The number of fused-ring (bicyclic) bond motifs is 1. The quantitative estimate of drug-likeness (QED) is 0.515. The van der Waals surface area contributed by atoms with Crippen molar-refractivity contribution in [1.82, 2.24) is 5.43 Å². The number of nitro groups is 1.